The van der Waals surface area contributed by atoms with Gasteiger partial charge in [-0.25, -0.2) is 0 Å². The first-order chi connectivity index (χ1) is 8.58. The van der Waals surface area contributed by atoms with E-state index in [9.17, 15) is 5.11 Å². The van der Waals surface area contributed by atoms with E-state index in [1.165, 1.54) is 0 Å². The summed E-state index contributed by atoms with van der Waals surface area (Å²) in [4.78, 5) is 0. The topological polar surface area (TPSA) is 20.2 Å². The van der Waals surface area contributed by atoms with Gasteiger partial charge in [-0.2, -0.15) is 0 Å². The second-order valence-corrected chi connectivity index (χ2v) is 5.64. The molecule has 2 aromatic rings. The van der Waals surface area contributed by atoms with Crippen molar-refractivity contribution in [2.45, 2.75) is 19.4 Å². The van der Waals surface area contributed by atoms with Gasteiger partial charge in [0.1, 0.15) is 0 Å². The van der Waals surface area contributed by atoms with Gasteiger partial charge in [-0.1, -0.05) is 51.8 Å². The van der Waals surface area contributed by atoms with Crippen molar-refractivity contribution in [3.8, 4) is 0 Å². The van der Waals surface area contributed by atoms with Crippen molar-refractivity contribution >= 4 is 27.5 Å². The minimum absolute atomic E-state index is 0.525. The number of aliphatic hydroxyl groups excluding tert-OH is 1. The maximum Gasteiger partial charge on any atom is 0.0833 e. The molecule has 0 fully saturated rings. The summed E-state index contributed by atoms with van der Waals surface area (Å²) >= 11 is 9.53. The quantitative estimate of drug-likeness (QED) is 0.868. The van der Waals surface area contributed by atoms with Crippen molar-refractivity contribution < 1.29 is 5.11 Å². The summed E-state index contributed by atoms with van der Waals surface area (Å²) in [6, 6.07) is 13.5. The van der Waals surface area contributed by atoms with E-state index >= 15 is 0 Å². The average molecular weight is 326 g/mol. The third-order valence-corrected chi connectivity index (χ3v) is 3.83. The maximum absolute atomic E-state index is 10.3. The van der Waals surface area contributed by atoms with Crippen LogP contribution in [0.15, 0.2) is 46.9 Å². The predicted octanol–water partition coefficient (Wildman–Crippen LogP) is 4.69. The molecule has 1 unspecified atom stereocenters. The lowest BCUT2D eigenvalue weighted by atomic mass is 9.98. The molecule has 0 spiro atoms. The molecule has 0 heterocycles. The SMILES string of the molecule is Cc1ccc(Br)cc1C(O)Cc1ccccc1Cl. The molecule has 0 aliphatic carbocycles. The van der Waals surface area contributed by atoms with Crippen molar-refractivity contribution in [1.82, 2.24) is 0 Å². The molecule has 94 valence electrons. The van der Waals surface area contributed by atoms with Crippen LogP contribution in [-0.4, -0.2) is 5.11 Å². The summed E-state index contributed by atoms with van der Waals surface area (Å²) in [6.45, 7) is 2.00. The molecule has 0 aliphatic rings. The zero-order valence-corrected chi connectivity index (χ0v) is 12.4. The molecule has 0 saturated heterocycles. The van der Waals surface area contributed by atoms with E-state index in [1.807, 2.05) is 49.4 Å². The molecule has 0 radical (unpaired) electrons. The molecule has 0 amide bonds. The van der Waals surface area contributed by atoms with Crippen LogP contribution < -0.4 is 0 Å². The Labute approximate surface area is 121 Å². The number of aliphatic hydroxyl groups is 1. The summed E-state index contributed by atoms with van der Waals surface area (Å²) in [7, 11) is 0. The molecule has 1 atom stereocenters. The van der Waals surface area contributed by atoms with Gasteiger partial charge in [0.25, 0.3) is 0 Å². The Bertz CT molecular complexity index is 554. The number of rotatable bonds is 3. The fourth-order valence-electron chi connectivity index (χ4n) is 1.95. The fraction of sp³-hybridized carbons (Fsp3) is 0.200. The monoisotopic (exact) mass is 324 g/mol. The van der Waals surface area contributed by atoms with Crippen LogP contribution in [0.25, 0.3) is 0 Å². The normalized spacial score (nSPS) is 12.4. The number of hydrogen-bond acceptors (Lipinski definition) is 1. The molecule has 18 heavy (non-hydrogen) atoms. The highest BCUT2D eigenvalue weighted by Gasteiger charge is 2.13. The van der Waals surface area contributed by atoms with E-state index in [4.69, 9.17) is 11.6 Å². The van der Waals surface area contributed by atoms with Crippen LogP contribution in [0, 0.1) is 6.92 Å². The van der Waals surface area contributed by atoms with Gasteiger partial charge in [0.05, 0.1) is 6.10 Å². The summed E-state index contributed by atoms with van der Waals surface area (Å²) in [5.74, 6) is 0. The Hall–Kier alpha value is -0.830. The molecule has 3 heteroatoms. The Balaban J connectivity index is 2.25. The van der Waals surface area contributed by atoms with Gasteiger partial charge >= 0.3 is 0 Å². The van der Waals surface area contributed by atoms with E-state index in [1.54, 1.807) is 0 Å². The molecule has 0 saturated carbocycles. The van der Waals surface area contributed by atoms with Crippen molar-refractivity contribution in [1.29, 1.82) is 0 Å². The van der Waals surface area contributed by atoms with Crippen LogP contribution >= 0.6 is 27.5 Å². The molecule has 1 N–H and O–H groups in total. The summed E-state index contributed by atoms with van der Waals surface area (Å²) in [5, 5.41) is 11.0. The average Bonchev–Trinajstić information content (AvgIpc) is 2.35. The lowest BCUT2D eigenvalue weighted by molar-refractivity contribution is 0.177. The van der Waals surface area contributed by atoms with Gasteiger partial charge in [0, 0.05) is 15.9 Å². The lowest BCUT2D eigenvalue weighted by Gasteiger charge is -2.15. The van der Waals surface area contributed by atoms with Crippen molar-refractivity contribution in [2.75, 3.05) is 0 Å². The molecular formula is C15H14BrClO. The van der Waals surface area contributed by atoms with Gasteiger partial charge in [0.15, 0.2) is 0 Å². The Morgan fingerprint density at radius 3 is 2.67 bits per heavy atom. The second kappa shape index (κ2) is 5.87. The first-order valence-electron chi connectivity index (χ1n) is 5.75. The maximum atomic E-state index is 10.3. The molecule has 0 bridgehead atoms. The molecule has 1 nitrogen and oxygen atoms in total. The molecule has 0 aromatic heterocycles. The predicted molar refractivity (Wildman–Crippen MR) is 79.0 cm³/mol. The first-order valence-corrected chi connectivity index (χ1v) is 6.92. The van der Waals surface area contributed by atoms with Gasteiger partial charge in [-0.15, -0.1) is 0 Å². The van der Waals surface area contributed by atoms with Crippen molar-refractivity contribution in [2.24, 2.45) is 0 Å². The fourth-order valence-corrected chi connectivity index (χ4v) is 2.54. The minimum Gasteiger partial charge on any atom is -0.388 e. The summed E-state index contributed by atoms with van der Waals surface area (Å²) < 4.78 is 0.973. The Kier molecular flexibility index (Phi) is 4.44. The third-order valence-electron chi connectivity index (χ3n) is 2.97. The molecule has 2 aromatic carbocycles. The molecular weight excluding hydrogens is 312 g/mol. The number of aryl methyl sites for hydroxylation is 1. The second-order valence-electron chi connectivity index (χ2n) is 4.31. The van der Waals surface area contributed by atoms with Gasteiger partial charge in [0.2, 0.25) is 0 Å². The van der Waals surface area contributed by atoms with E-state index in [0.717, 1.165) is 21.2 Å². The highest BCUT2D eigenvalue weighted by Crippen LogP contribution is 2.27. The van der Waals surface area contributed by atoms with Crippen LogP contribution in [0.1, 0.15) is 22.8 Å². The number of halogens is 2. The number of hydrogen-bond donors (Lipinski definition) is 1. The largest absolute Gasteiger partial charge is 0.388 e. The van der Waals surface area contributed by atoms with E-state index in [2.05, 4.69) is 15.9 Å². The minimum atomic E-state index is -0.539. The number of benzene rings is 2. The first kappa shape index (κ1) is 13.6. The third kappa shape index (κ3) is 3.14. The zero-order chi connectivity index (χ0) is 13.1. The van der Waals surface area contributed by atoms with E-state index in [0.29, 0.717) is 11.4 Å². The Morgan fingerprint density at radius 2 is 1.94 bits per heavy atom. The molecule has 2 rings (SSSR count). The zero-order valence-electron chi connectivity index (χ0n) is 10.0. The Morgan fingerprint density at radius 1 is 1.22 bits per heavy atom. The van der Waals surface area contributed by atoms with Crippen LogP contribution in [0.5, 0.6) is 0 Å². The van der Waals surface area contributed by atoms with E-state index in [-0.39, 0.29) is 0 Å². The summed E-state index contributed by atoms with van der Waals surface area (Å²) in [6.07, 6.45) is -0.0147. The van der Waals surface area contributed by atoms with Crippen molar-refractivity contribution in [3.63, 3.8) is 0 Å². The van der Waals surface area contributed by atoms with Gasteiger partial charge in [-0.05, 0) is 41.8 Å². The van der Waals surface area contributed by atoms with Crippen molar-refractivity contribution in [3.05, 3.63) is 68.7 Å². The van der Waals surface area contributed by atoms with Gasteiger partial charge < -0.3 is 5.11 Å². The highest BCUT2D eigenvalue weighted by atomic mass is 79.9. The van der Waals surface area contributed by atoms with Crippen LogP contribution in [-0.2, 0) is 6.42 Å². The lowest BCUT2D eigenvalue weighted by Crippen LogP contribution is -2.04. The summed E-state index contributed by atoms with van der Waals surface area (Å²) in [5.41, 5.74) is 2.98. The van der Waals surface area contributed by atoms with E-state index < -0.39 is 6.10 Å². The smallest absolute Gasteiger partial charge is 0.0833 e. The standard InChI is InChI=1S/C15H14BrClO/c1-10-6-7-12(16)9-13(10)15(18)8-11-4-2-3-5-14(11)17/h2-7,9,15,18H,8H2,1H3. The van der Waals surface area contributed by atoms with Crippen LogP contribution in [0.4, 0.5) is 0 Å². The molecule has 0 aliphatic heterocycles. The van der Waals surface area contributed by atoms with Gasteiger partial charge in [-0.3, -0.25) is 0 Å². The van der Waals surface area contributed by atoms with Crippen LogP contribution in [0.3, 0.4) is 0 Å². The van der Waals surface area contributed by atoms with Crippen LogP contribution in [0.2, 0.25) is 5.02 Å². The highest BCUT2D eigenvalue weighted by molar-refractivity contribution is 9.10.